The maximum Gasteiger partial charge on any atom is 0.245 e. The Morgan fingerprint density at radius 3 is 1.92 bits per heavy atom. The molecule has 5 nitrogen and oxygen atoms in total. The SMILES string of the molecule is CCCN(CCC)C(=O)[C@H](C)N1C(=O)[C@H]2[C@H](C1=O)[C@H]1C=C[C@H]2CC1. The number of carbonyl (C=O) groups is 3. The van der Waals surface area contributed by atoms with Crippen molar-refractivity contribution >= 4 is 17.7 Å². The molecule has 1 saturated heterocycles. The monoisotopic (exact) mass is 332 g/mol. The maximum absolute atomic E-state index is 12.9. The van der Waals surface area contributed by atoms with E-state index >= 15 is 0 Å². The summed E-state index contributed by atoms with van der Waals surface area (Å²) in [6, 6.07) is -0.687. The molecule has 1 aliphatic heterocycles. The van der Waals surface area contributed by atoms with Gasteiger partial charge in [-0.3, -0.25) is 19.3 Å². The molecule has 3 amide bonds. The van der Waals surface area contributed by atoms with E-state index in [-0.39, 0.29) is 41.4 Å². The zero-order chi connectivity index (χ0) is 17.4. The van der Waals surface area contributed by atoms with Crippen molar-refractivity contribution in [2.75, 3.05) is 13.1 Å². The van der Waals surface area contributed by atoms with E-state index in [1.165, 1.54) is 4.90 Å². The number of imide groups is 1. The van der Waals surface area contributed by atoms with Crippen molar-refractivity contribution in [2.24, 2.45) is 23.7 Å². The van der Waals surface area contributed by atoms with Crippen LogP contribution in [0.25, 0.3) is 0 Å². The van der Waals surface area contributed by atoms with Crippen molar-refractivity contribution in [1.29, 1.82) is 0 Å². The largest absolute Gasteiger partial charge is 0.341 e. The highest BCUT2D eigenvalue weighted by molar-refractivity contribution is 6.09. The Hall–Kier alpha value is -1.65. The van der Waals surface area contributed by atoms with E-state index in [9.17, 15) is 14.4 Å². The molecule has 0 N–H and O–H groups in total. The molecule has 2 bridgehead atoms. The number of allylic oxidation sites excluding steroid dienone is 2. The van der Waals surface area contributed by atoms with E-state index in [1.54, 1.807) is 11.8 Å². The normalized spacial score (nSPS) is 32.2. The molecule has 0 aromatic heterocycles. The van der Waals surface area contributed by atoms with E-state index < -0.39 is 6.04 Å². The Kier molecular flexibility index (Phi) is 4.79. The van der Waals surface area contributed by atoms with Crippen LogP contribution in [0.4, 0.5) is 0 Å². The van der Waals surface area contributed by atoms with Gasteiger partial charge in [-0.15, -0.1) is 0 Å². The lowest BCUT2D eigenvalue weighted by atomic mass is 9.63. The third-order valence-corrected chi connectivity index (χ3v) is 5.84. The van der Waals surface area contributed by atoms with Gasteiger partial charge in [-0.25, -0.2) is 0 Å². The lowest BCUT2D eigenvalue weighted by molar-refractivity contribution is -0.151. The standard InChI is InChI=1S/C19H28N2O3/c1-4-10-20(11-5-2)17(22)12(3)21-18(23)15-13-6-7-14(9-8-13)16(15)19(21)24/h6-7,12-16H,4-5,8-11H2,1-3H3/t12-,13-,14-,15+,16+/m0/s1. The van der Waals surface area contributed by atoms with Gasteiger partial charge in [0.2, 0.25) is 17.7 Å². The summed E-state index contributed by atoms with van der Waals surface area (Å²) in [7, 11) is 0. The van der Waals surface area contributed by atoms with Gasteiger partial charge in [-0.2, -0.15) is 0 Å². The van der Waals surface area contributed by atoms with Crippen LogP contribution < -0.4 is 0 Å². The molecule has 4 aliphatic rings. The number of hydrogen-bond acceptors (Lipinski definition) is 3. The highest BCUT2D eigenvalue weighted by Gasteiger charge is 2.58. The second-order valence-corrected chi connectivity index (χ2v) is 7.39. The van der Waals surface area contributed by atoms with Crippen LogP contribution in [0.3, 0.4) is 0 Å². The molecule has 0 radical (unpaired) electrons. The number of carbonyl (C=O) groups excluding carboxylic acids is 3. The third-order valence-electron chi connectivity index (χ3n) is 5.84. The Bertz CT molecular complexity index is 533. The molecule has 0 spiro atoms. The predicted octanol–water partition coefficient (Wildman–Crippen LogP) is 2.22. The van der Waals surface area contributed by atoms with Gasteiger partial charge in [0.1, 0.15) is 6.04 Å². The molecule has 0 aromatic carbocycles. The van der Waals surface area contributed by atoms with Gasteiger partial charge < -0.3 is 4.90 Å². The first-order chi connectivity index (χ1) is 11.5. The first-order valence-electron chi connectivity index (χ1n) is 9.35. The van der Waals surface area contributed by atoms with Crippen LogP contribution in [0.2, 0.25) is 0 Å². The van der Waals surface area contributed by atoms with E-state index in [1.807, 2.05) is 13.8 Å². The summed E-state index contributed by atoms with van der Waals surface area (Å²) in [6.07, 6.45) is 7.93. The van der Waals surface area contributed by atoms with Crippen LogP contribution >= 0.6 is 0 Å². The van der Waals surface area contributed by atoms with Crippen molar-refractivity contribution in [1.82, 2.24) is 9.80 Å². The van der Waals surface area contributed by atoms with Gasteiger partial charge in [0.15, 0.2) is 0 Å². The molecule has 2 fully saturated rings. The summed E-state index contributed by atoms with van der Waals surface area (Å²) < 4.78 is 0. The lowest BCUT2D eigenvalue weighted by Crippen LogP contribution is -2.50. The fourth-order valence-electron chi connectivity index (χ4n) is 4.73. The molecule has 132 valence electrons. The van der Waals surface area contributed by atoms with Crippen molar-refractivity contribution in [3.63, 3.8) is 0 Å². The smallest absolute Gasteiger partial charge is 0.245 e. The van der Waals surface area contributed by atoms with Crippen molar-refractivity contribution < 1.29 is 14.4 Å². The quantitative estimate of drug-likeness (QED) is 0.553. The molecular formula is C19H28N2O3. The maximum atomic E-state index is 12.9. The van der Waals surface area contributed by atoms with Crippen molar-refractivity contribution in [3.8, 4) is 0 Å². The number of fused-ring (bicyclic) bond motifs is 1. The number of rotatable bonds is 6. The second kappa shape index (κ2) is 6.69. The summed E-state index contributed by atoms with van der Waals surface area (Å²) in [6.45, 7) is 7.12. The molecule has 5 heteroatoms. The zero-order valence-corrected chi connectivity index (χ0v) is 14.9. The molecule has 24 heavy (non-hydrogen) atoms. The van der Waals surface area contributed by atoms with Crippen LogP contribution in [0.5, 0.6) is 0 Å². The van der Waals surface area contributed by atoms with Crippen LogP contribution in [0, 0.1) is 23.7 Å². The molecular weight excluding hydrogens is 304 g/mol. The van der Waals surface area contributed by atoms with E-state index in [4.69, 9.17) is 0 Å². The molecule has 1 heterocycles. The molecule has 1 saturated carbocycles. The van der Waals surface area contributed by atoms with Gasteiger partial charge in [-0.05, 0) is 44.4 Å². The minimum atomic E-state index is -0.687. The predicted molar refractivity (Wildman–Crippen MR) is 90.8 cm³/mol. The summed E-state index contributed by atoms with van der Waals surface area (Å²) in [5.41, 5.74) is 0. The summed E-state index contributed by atoms with van der Waals surface area (Å²) in [5.74, 6) is -0.475. The van der Waals surface area contributed by atoms with Crippen LogP contribution in [0.1, 0.15) is 46.5 Å². The Morgan fingerprint density at radius 2 is 1.54 bits per heavy atom. The summed E-state index contributed by atoms with van der Waals surface area (Å²) in [4.78, 5) is 41.8. The molecule has 0 aromatic rings. The van der Waals surface area contributed by atoms with Gasteiger partial charge in [0.25, 0.3) is 0 Å². The third kappa shape index (κ3) is 2.58. The van der Waals surface area contributed by atoms with E-state index in [2.05, 4.69) is 12.2 Å². The Balaban J connectivity index is 1.80. The number of hydrogen-bond donors (Lipinski definition) is 0. The number of amides is 3. The van der Waals surface area contributed by atoms with E-state index in [0.717, 1.165) is 25.7 Å². The first-order valence-corrected chi connectivity index (χ1v) is 9.35. The van der Waals surface area contributed by atoms with E-state index in [0.29, 0.717) is 13.1 Å². The molecule has 5 atom stereocenters. The molecule has 0 unspecified atom stereocenters. The minimum Gasteiger partial charge on any atom is -0.341 e. The molecule has 3 aliphatic carbocycles. The topological polar surface area (TPSA) is 57.7 Å². The lowest BCUT2D eigenvalue weighted by Gasteiger charge is -2.38. The van der Waals surface area contributed by atoms with Crippen molar-refractivity contribution in [2.45, 2.75) is 52.5 Å². The van der Waals surface area contributed by atoms with Crippen LogP contribution in [-0.2, 0) is 14.4 Å². The number of nitrogens with zero attached hydrogens (tertiary/aromatic N) is 2. The first kappa shape index (κ1) is 17.2. The summed E-state index contributed by atoms with van der Waals surface area (Å²) in [5, 5.41) is 0. The van der Waals surface area contributed by atoms with Gasteiger partial charge in [0.05, 0.1) is 11.8 Å². The number of likely N-dealkylation sites (tertiary alicyclic amines) is 1. The zero-order valence-electron chi connectivity index (χ0n) is 14.9. The average molecular weight is 332 g/mol. The Morgan fingerprint density at radius 1 is 1.08 bits per heavy atom. The fourth-order valence-corrected chi connectivity index (χ4v) is 4.73. The highest BCUT2D eigenvalue weighted by Crippen LogP contribution is 2.49. The molecule has 4 rings (SSSR count). The van der Waals surface area contributed by atoms with Crippen LogP contribution in [0.15, 0.2) is 12.2 Å². The van der Waals surface area contributed by atoms with Crippen LogP contribution in [-0.4, -0.2) is 46.7 Å². The van der Waals surface area contributed by atoms with Gasteiger partial charge in [0, 0.05) is 13.1 Å². The van der Waals surface area contributed by atoms with Gasteiger partial charge >= 0.3 is 0 Å². The average Bonchev–Trinajstić information content (AvgIpc) is 2.88. The van der Waals surface area contributed by atoms with Crippen molar-refractivity contribution in [3.05, 3.63) is 12.2 Å². The second-order valence-electron chi connectivity index (χ2n) is 7.39. The Labute approximate surface area is 144 Å². The highest BCUT2D eigenvalue weighted by atomic mass is 16.2. The summed E-state index contributed by atoms with van der Waals surface area (Å²) >= 11 is 0. The van der Waals surface area contributed by atoms with Gasteiger partial charge in [-0.1, -0.05) is 26.0 Å². The fraction of sp³-hybridized carbons (Fsp3) is 0.737. The minimum absolute atomic E-state index is 0.0978.